The molecule has 2 heterocycles. The number of thiophene rings is 1. The van der Waals surface area contributed by atoms with Crippen LogP contribution in [-0.4, -0.2) is 24.1 Å². The third-order valence-corrected chi connectivity index (χ3v) is 6.93. The maximum Gasteiger partial charge on any atom is 0.267 e. The van der Waals surface area contributed by atoms with E-state index in [1.165, 1.54) is 11.1 Å². The standard InChI is InChI=1S/C24H23BrN2O2S/c1-16-6-5-7-17(12-16)14-27-20(13-22-23(27)19(25)15-30-22)24(28)26-11-10-18-8-3-4-9-21(18)29-2/h3-9,12-13,15H,10-11,14H2,1-2H3,(H,26,28). The van der Waals surface area contributed by atoms with E-state index in [0.29, 0.717) is 25.2 Å². The van der Waals surface area contributed by atoms with Crippen molar-refractivity contribution in [3.63, 3.8) is 0 Å². The van der Waals surface area contributed by atoms with Crippen LogP contribution in [0.3, 0.4) is 0 Å². The van der Waals surface area contributed by atoms with Gasteiger partial charge in [-0.2, -0.15) is 0 Å². The lowest BCUT2D eigenvalue weighted by atomic mass is 10.1. The lowest BCUT2D eigenvalue weighted by Gasteiger charge is -2.13. The minimum absolute atomic E-state index is 0.0622. The van der Waals surface area contributed by atoms with Gasteiger partial charge in [-0.25, -0.2) is 0 Å². The van der Waals surface area contributed by atoms with Crippen molar-refractivity contribution in [3.05, 3.63) is 86.8 Å². The first kappa shape index (κ1) is 20.7. The quantitative estimate of drug-likeness (QED) is 0.361. The third kappa shape index (κ3) is 4.30. The summed E-state index contributed by atoms with van der Waals surface area (Å²) in [6.45, 7) is 3.28. The molecular formula is C24H23BrN2O2S. The number of carbonyl (C=O) groups is 1. The molecule has 0 saturated heterocycles. The Hall–Kier alpha value is -2.57. The molecule has 0 atom stereocenters. The average Bonchev–Trinajstić information content (AvgIpc) is 3.28. The second-order valence-corrected chi connectivity index (χ2v) is 8.98. The van der Waals surface area contributed by atoms with Gasteiger partial charge in [0.1, 0.15) is 11.4 Å². The molecule has 0 saturated carbocycles. The molecule has 0 aliphatic carbocycles. The number of benzene rings is 2. The summed E-state index contributed by atoms with van der Waals surface area (Å²) in [6, 6.07) is 18.3. The smallest absolute Gasteiger partial charge is 0.267 e. The van der Waals surface area contributed by atoms with E-state index in [9.17, 15) is 4.79 Å². The topological polar surface area (TPSA) is 43.3 Å². The Kier molecular flexibility index (Phi) is 6.25. The number of hydrogen-bond donors (Lipinski definition) is 1. The number of hydrogen-bond acceptors (Lipinski definition) is 3. The van der Waals surface area contributed by atoms with Gasteiger partial charge in [0.15, 0.2) is 0 Å². The van der Waals surface area contributed by atoms with Gasteiger partial charge in [-0.1, -0.05) is 48.0 Å². The van der Waals surface area contributed by atoms with Gasteiger partial charge in [0.2, 0.25) is 0 Å². The van der Waals surface area contributed by atoms with Gasteiger partial charge in [0.25, 0.3) is 5.91 Å². The minimum Gasteiger partial charge on any atom is -0.496 e. The van der Waals surface area contributed by atoms with Crippen molar-refractivity contribution in [3.8, 4) is 5.75 Å². The Bertz CT molecular complexity index is 1200. The molecule has 30 heavy (non-hydrogen) atoms. The van der Waals surface area contributed by atoms with Crippen LogP contribution in [0.5, 0.6) is 5.75 Å². The molecule has 0 spiro atoms. The highest BCUT2D eigenvalue weighted by Gasteiger charge is 2.19. The first-order chi connectivity index (χ1) is 14.6. The normalized spacial score (nSPS) is 11.0. The predicted molar refractivity (Wildman–Crippen MR) is 127 cm³/mol. The number of halogens is 1. The van der Waals surface area contributed by atoms with Gasteiger partial charge in [0.05, 0.1) is 21.8 Å². The van der Waals surface area contributed by atoms with Gasteiger partial charge in [-0.3, -0.25) is 4.79 Å². The first-order valence-electron chi connectivity index (χ1n) is 9.78. The Morgan fingerprint density at radius 3 is 2.80 bits per heavy atom. The van der Waals surface area contributed by atoms with E-state index in [1.54, 1.807) is 18.4 Å². The highest BCUT2D eigenvalue weighted by atomic mass is 79.9. The predicted octanol–water partition coefficient (Wildman–Crippen LogP) is 5.80. The fourth-order valence-electron chi connectivity index (χ4n) is 3.69. The molecule has 4 nitrogen and oxygen atoms in total. The minimum atomic E-state index is -0.0622. The van der Waals surface area contributed by atoms with Crippen LogP contribution in [0.1, 0.15) is 27.2 Å². The van der Waals surface area contributed by atoms with E-state index in [1.807, 2.05) is 30.3 Å². The van der Waals surface area contributed by atoms with Crippen LogP contribution < -0.4 is 10.1 Å². The SMILES string of the molecule is COc1ccccc1CCNC(=O)c1cc2scc(Br)c2n1Cc1cccc(C)c1. The van der Waals surface area contributed by atoms with Crippen LogP contribution in [0.4, 0.5) is 0 Å². The van der Waals surface area contributed by atoms with Crippen LogP contribution in [0.2, 0.25) is 0 Å². The molecule has 1 N–H and O–H groups in total. The van der Waals surface area contributed by atoms with Crippen molar-refractivity contribution in [1.82, 2.24) is 9.88 Å². The van der Waals surface area contributed by atoms with E-state index >= 15 is 0 Å². The van der Waals surface area contributed by atoms with Crippen LogP contribution in [-0.2, 0) is 13.0 Å². The highest BCUT2D eigenvalue weighted by molar-refractivity contribution is 9.10. The monoisotopic (exact) mass is 482 g/mol. The summed E-state index contributed by atoms with van der Waals surface area (Å²) in [6.07, 6.45) is 0.715. The molecule has 2 aromatic carbocycles. The summed E-state index contributed by atoms with van der Waals surface area (Å²) in [5.41, 5.74) is 5.21. The summed E-state index contributed by atoms with van der Waals surface area (Å²) in [4.78, 5) is 13.1. The van der Waals surface area contributed by atoms with Crippen LogP contribution in [0, 0.1) is 6.92 Å². The van der Waals surface area contributed by atoms with Crippen molar-refractivity contribution in [2.45, 2.75) is 19.9 Å². The Morgan fingerprint density at radius 1 is 1.17 bits per heavy atom. The molecule has 2 aromatic heterocycles. The number of amides is 1. The molecule has 0 fully saturated rings. The Morgan fingerprint density at radius 2 is 2.00 bits per heavy atom. The summed E-state index contributed by atoms with van der Waals surface area (Å²) in [7, 11) is 1.67. The summed E-state index contributed by atoms with van der Waals surface area (Å²) >= 11 is 5.29. The molecule has 0 bridgehead atoms. The summed E-state index contributed by atoms with van der Waals surface area (Å²) in [5.74, 6) is 0.784. The Balaban J connectivity index is 1.56. The zero-order valence-corrected chi connectivity index (χ0v) is 19.3. The maximum absolute atomic E-state index is 13.1. The molecule has 6 heteroatoms. The number of para-hydroxylation sites is 1. The second-order valence-electron chi connectivity index (χ2n) is 7.22. The third-order valence-electron chi connectivity index (χ3n) is 5.11. The number of ether oxygens (including phenoxy) is 1. The van der Waals surface area contributed by atoms with Crippen molar-refractivity contribution >= 4 is 43.4 Å². The number of carbonyl (C=O) groups excluding carboxylic acids is 1. The lowest BCUT2D eigenvalue weighted by Crippen LogP contribution is -2.28. The van der Waals surface area contributed by atoms with Crippen molar-refractivity contribution in [1.29, 1.82) is 0 Å². The molecule has 0 radical (unpaired) electrons. The van der Waals surface area contributed by atoms with Gasteiger partial charge in [-0.15, -0.1) is 11.3 Å². The first-order valence-corrected chi connectivity index (χ1v) is 11.5. The number of fused-ring (bicyclic) bond motifs is 1. The number of rotatable bonds is 7. The molecule has 4 aromatic rings. The van der Waals surface area contributed by atoms with E-state index in [4.69, 9.17) is 4.74 Å². The fourth-order valence-corrected chi connectivity index (χ4v) is 5.38. The van der Waals surface area contributed by atoms with Crippen molar-refractivity contribution < 1.29 is 9.53 Å². The zero-order valence-electron chi connectivity index (χ0n) is 16.9. The van der Waals surface area contributed by atoms with Gasteiger partial charge in [0, 0.05) is 18.5 Å². The van der Waals surface area contributed by atoms with Crippen LogP contribution in [0.15, 0.2) is 64.5 Å². The Labute approximate surface area is 188 Å². The average molecular weight is 483 g/mol. The molecule has 0 aliphatic heterocycles. The number of methoxy groups -OCH3 is 1. The van der Waals surface area contributed by atoms with Gasteiger partial charge in [-0.05, 0) is 52.5 Å². The fraction of sp³-hybridized carbons (Fsp3) is 0.208. The summed E-state index contributed by atoms with van der Waals surface area (Å²) in [5, 5.41) is 5.15. The summed E-state index contributed by atoms with van der Waals surface area (Å²) < 4.78 is 9.62. The number of aromatic nitrogens is 1. The zero-order chi connectivity index (χ0) is 21.1. The number of nitrogens with zero attached hydrogens (tertiary/aromatic N) is 1. The lowest BCUT2D eigenvalue weighted by molar-refractivity contribution is 0.0945. The molecule has 4 rings (SSSR count). The second kappa shape index (κ2) is 9.06. The maximum atomic E-state index is 13.1. The molecule has 154 valence electrons. The van der Waals surface area contributed by atoms with Crippen LogP contribution >= 0.6 is 27.3 Å². The molecule has 0 aliphatic rings. The van der Waals surface area contributed by atoms with Gasteiger partial charge < -0.3 is 14.6 Å². The van der Waals surface area contributed by atoms with E-state index in [0.717, 1.165) is 26.0 Å². The van der Waals surface area contributed by atoms with E-state index in [-0.39, 0.29) is 5.91 Å². The largest absolute Gasteiger partial charge is 0.496 e. The molecule has 0 unspecified atom stereocenters. The van der Waals surface area contributed by atoms with Gasteiger partial charge >= 0.3 is 0 Å². The van der Waals surface area contributed by atoms with Crippen molar-refractivity contribution in [2.75, 3.05) is 13.7 Å². The van der Waals surface area contributed by atoms with Crippen molar-refractivity contribution in [2.24, 2.45) is 0 Å². The number of nitrogens with one attached hydrogen (secondary N) is 1. The number of aryl methyl sites for hydroxylation is 1. The van der Waals surface area contributed by atoms with E-state index in [2.05, 4.69) is 62.4 Å². The van der Waals surface area contributed by atoms with E-state index < -0.39 is 0 Å². The van der Waals surface area contributed by atoms with Crippen LogP contribution in [0.25, 0.3) is 10.2 Å². The highest BCUT2D eigenvalue weighted by Crippen LogP contribution is 2.34. The molecular weight excluding hydrogens is 460 g/mol. The molecule has 1 amide bonds.